The molecule has 0 aliphatic carbocycles. The second-order valence-corrected chi connectivity index (χ2v) is 3.29. The Bertz CT molecular complexity index is 499. The number of carbonyl (C=O) groups excluding carboxylic acids is 2. The Morgan fingerprint density at radius 2 is 1.95 bits per heavy atom. The van der Waals surface area contributed by atoms with E-state index < -0.39 is 11.9 Å². The van der Waals surface area contributed by atoms with Crippen LogP contribution in [0.15, 0.2) is 36.2 Å². The van der Waals surface area contributed by atoms with Crippen molar-refractivity contribution in [2.24, 2.45) is 0 Å². The van der Waals surface area contributed by atoms with Crippen molar-refractivity contribution in [3.8, 4) is 0 Å². The van der Waals surface area contributed by atoms with Gasteiger partial charge >= 0.3 is 17.8 Å². The summed E-state index contributed by atoms with van der Waals surface area (Å²) in [5.74, 6) is -0.921. The van der Waals surface area contributed by atoms with Crippen LogP contribution in [0.4, 0.5) is 5.82 Å². The summed E-state index contributed by atoms with van der Waals surface area (Å²) in [4.78, 5) is 27.8. The Morgan fingerprint density at radius 3 is 2.53 bits per heavy atom. The number of aromatic nitrogens is 1. The number of rotatable bonds is 5. The van der Waals surface area contributed by atoms with Gasteiger partial charge in [-0.05, 0) is 10.8 Å². The largest absolute Gasteiger partial charge is 0.466 e. The third-order valence-corrected chi connectivity index (χ3v) is 2.15. The number of esters is 2. The van der Waals surface area contributed by atoms with Gasteiger partial charge in [0.2, 0.25) is 5.70 Å². The monoisotopic (exact) mass is 267 g/mol. The number of pyridine rings is 1. The summed E-state index contributed by atoms with van der Waals surface area (Å²) in [6.45, 7) is 0. The van der Waals surface area contributed by atoms with Crippen molar-refractivity contribution >= 4 is 17.8 Å². The molecule has 0 aliphatic rings. The Labute approximate surface area is 110 Å². The third-order valence-electron chi connectivity index (χ3n) is 2.15. The van der Waals surface area contributed by atoms with E-state index in [0.717, 1.165) is 6.08 Å². The number of hydrogen-bond donors (Lipinski definition) is 1. The van der Waals surface area contributed by atoms with Crippen LogP contribution in [-0.4, -0.2) is 33.3 Å². The van der Waals surface area contributed by atoms with E-state index in [1.165, 1.54) is 26.1 Å². The maximum Gasteiger partial charge on any atom is 0.378 e. The second kappa shape index (κ2) is 7.00. The highest BCUT2D eigenvalue weighted by molar-refractivity contribution is 5.98. The highest BCUT2D eigenvalue weighted by atomic mass is 16.6. The summed E-state index contributed by atoms with van der Waals surface area (Å²) in [6, 6.07) is 5.15. The summed E-state index contributed by atoms with van der Waals surface area (Å²) in [7, 11) is 3.89. The molecule has 0 amide bonds. The van der Waals surface area contributed by atoms with E-state index in [-0.39, 0.29) is 5.70 Å². The Morgan fingerprint density at radius 1 is 1.21 bits per heavy atom. The van der Waals surface area contributed by atoms with Crippen LogP contribution in [0.1, 0.15) is 0 Å². The molecule has 0 aliphatic heterocycles. The third kappa shape index (κ3) is 3.98. The second-order valence-electron chi connectivity index (χ2n) is 3.29. The lowest BCUT2D eigenvalue weighted by Gasteiger charge is -2.05. The van der Waals surface area contributed by atoms with Crippen LogP contribution in [0, 0.1) is 0 Å². The van der Waals surface area contributed by atoms with Gasteiger partial charge < -0.3 is 14.3 Å². The van der Waals surface area contributed by atoms with E-state index in [9.17, 15) is 9.59 Å². The molecule has 0 spiro atoms. The van der Waals surface area contributed by atoms with Gasteiger partial charge in [0.05, 0.1) is 20.3 Å². The SMILES string of the molecule is COC(=O)C=C(Nc1cccc[n+]1OC)C(=O)OC. The lowest BCUT2D eigenvalue weighted by molar-refractivity contribution is -0.874. The number of carbonyl (C=O) groups is 2. The summed E-state index contributed by atoms with van der Waals surface area (Å²) in [5, 5.41) is 2.74. The Kier molecular flexibility index (Phi) is 5.34. The van der Waals surface area contributed by atoms with E-state index >= 15 is 0 Å². The molecule has 1 rings (SSSR count). The van der Waals surface area contributed by atoms with Crippen LogP contribution >= 0.6 is 0 Å². The summed E-state index contributed by atoms with van der Waals surface area (Å²) < 4.78 is 10.4. The minimum atomic E-state index is -0.697. The van der Waals surface area contributed by atoms with Crippen LogP contribution in [0.2, 0.25) is 0 Å². The molecular formula is C12H15N2O5+. The zero-order valence-electron chi connectivity index (χ0n) is 10.9. The van der Waals surface area contributed by atoms with Crippen LogP contribution in [-0.2, 0) is 19.1 Å². The van der Waals surface area contributed by atoms with Crippen molar-refractivity contribution < 1.29 is 28.6 Å². The minimum absolute atomic E-state index is 0.0636. The minimum Gasteiger partial charge on any atom is -0.466 e. The molecule has 0 bridgehead atoms. The van der Waals surface area contributed by atoms with Crippen molar-refractivity contribution in [3.05, 3.63) is 36.2 Å². The normalized spacial score (nSPS) is 10.6. The first-order valence-corrected chi connectivity index (χ1v) is 5.32. The van der Waals surface area contributed by atoms with Crippen molar-refractivity contribution in [2.45, 2.75) is 0 Å². The van der Waals surface area contributed by atoms with Crippen LogP contribution in [0.25, 0.3) is 0 Å². The van der Waals surface area contributed by atoms with Gasteiger partial charge in [0.25, 0.3) is 0 Å². The molecule has 7 heteroatoms. The number of nitrogens with one attached hydrogen (secondary N) is 1. The molecule has 19 heavy (non-hydrogen) atoms. The predicted molar refractivity (Wildman–Crippen MR) is 64.9 cm³/mol. The topological polar surface area (TPSA) is 77.7 Å². The molecule has 0 aromatic carbocycles. The molecule has 1 aromatic heterocycles. The average molecular weight is 267 g/mol. The molecule has 1 N–H and O–H groups in total. The highest BCUT2D eigenvalue weighted by Crippen LogP contribution is 2.05. The van der Waals surface area contributed by atoms with Crippen LogP contribution in [0.3, 0.4) is 0 Å². The van der Waals surface area contributed by atoms with Crippen molar-refractivity contribution in [2.75, 3.05) is 26.6 Å². The van der Waals surface area contributed by atoms with Gasteiger partial charge in [0.15, 0.2) is 0 Å². The summed E-state index contributed by atoms with van der Waals surface area (Å²) in [6.07, 6.45) is 2.63. The van der Waals surface area contributed by atoms with Crippen molar-refractivity contribution in [1.82, 2.24) is 0 Å². The van der Waals surface area contributed by atoms with E-state index in [0.29, 0.717) is 5.82 Å². The molecule has 0 fully saturated rings. The average Bonchev–Trinajstić information content (AvgIpc) is 2.45. The zero-order chi connectivity index (χ0) is 14.3. The zero-order valence-corrected chi connectivity index (χ0v) is 10.9. The van der Waals surface area contributed by atoms with Crippen LogP contribution in [0.5, 0.6) is 0 Å². The molecule has 7 nitrogen and oxygen atoms in total. The number of methoxy groups -OCH3 is 2. The lowest BCUT2D eigenvalue weighted by Crippen LogP contribution is -2.43. The smallest absolute Gasteiger partial charge is 0.378 e. The molecule has 0 radical (unpaired) electrons. The fourth-order valence-corrected chi connectivity index (χ4v) is 1.26. The maximum absolute atomic E-state index is 11.6. The van der Waals surface area contributed by atoms with E-state index in [1.54, 1.807) is 24.4 Å². The van der Waals surface area contributed by atoms with Gasteiger partial charge in [-0.1, -0.05) is 6.07 Å². The van der Waals surface area contributed by atoms with Crippen molar-refractivity contribution in [1.29, 1.82) is 0 Å². The summed E-state index contributed by atoms with van der Waals surface area (Å²) >= 11 is 0. The van der Waals surface area contributed by atoms with Gasteiger partial charge in [-0.15, -0.1) is 0 Å². The lowest BCUT2D eigenvalue weighted by atomic mass is 10.3. The molecule has 1 aromatic rings. The summed E-state index contributed by atoms with van der Waals surface area (Å²) in [5.41, 5.74) is -0.0636. The number of nitrogens with zero attached hydrogens (tertiary/aromatic N) is 1. The maximum atomic E-state index is 11.6. The first-order chi connectivity index (χ1) is 9.12. The molecule has 0 unspecified atom stereocenters. The quantitative estimate of drug-likeness (QED) is 0.447. The Balaban J connectivity index is 3.04. The molecular weight excluding hydrogens is 252 g/mol. The van der Waals surface area contributed by atoms with Gasteiger partial charge in [0.1, 0.15) is 13.3 Å². The number of hydrogen-bond acceptors (Lipinski definition) is 6. The standard InChI is InChI=1S/C12H14N2O5/c1-17-11(15)8-9(12(16)18-2)13-10-6-4-5-7-14(10)19-3/h4-8H,1-3H3/p+1. The number of ether oxygens (including phenoxy) is 2. The van der Waals surface area contributed by atoms with Crippen molar-refractivity contribution in [3.63, 3.8) is 0 Å². The van der Waals surface area contributed by atoms with Gasteiger partial charge in [-0.25, -0.2) is 14.9 Å². The molecule has 0 atom stereocenters. The van der Waals surface area contributed by atoms with Gasteiger partial charge in [0, 0.05) is 6.07 Å². The first-order valence-electron chi connectivity index (χ1n) is 5.32. The molecule has 0 saturated carbocycles. The number of anilines is 1. The van der Waals surface area contributed by atoms with Gasteiger partial charge in [-0.3, -0.25) is 0 Å². The highest BCUT2D eigenvalue weighted by Gasteiger charge is 2.20. The molecule has 1 heterocycles. The molecule has 0 saturated heterocycles. The predicted octanol–water partition coefficient (Wildman–Crippen LogP) is -0.326. The molecule has 102 valence electrons. The fourth-order valence-electron chi connectivity index (χ4n) is 1.26. The van der Waals surface area contributed by atoms with E-state index in [2.05, 4.69) is 14.8 Å². The van der Waals surface area contributed by atoms with E-state index in [1.807, 2.05) is 0 Å². The van der Waals surface area contributed by atoms with E-state index in [4.69, 9.17) is 4.84 Å². The Hall–Kier alpha value is -2.57. The van der Waals surface area contributed by atoms with Crippen LogP contribution < -0.4 is 14.9 Å². The van der Waals surface area contributed by atoms with Gasteiger partial charge in [-0.2, -0.15) is 0 Å². The fraction of sp³-hybridized carbons (Fsp3) is 0.250. The first kappa shape index (κ1) is 14.5.